The van der Waals surface area contributed by atoms with Crippen LogP contribution < -0.4 is 34.5 Å². The van der Waals surface area contributed by atoms with E-state index in [1.807, 2.05) is 0 Å². The van der Waals surface area contributed by atoms with Crippen molar-refractivity contribution in [1.82, 2.24) is 0 Å². The molecule has 0 radical (unpaired) electrons. The standard InChI is InChI=1S/C33H29N3O7S/c1-40-23-11-5-20(6-12-23)31(37)34-21-7-16-26(17-8-21)44-30-29(35-27-18-15-25(42-3)19-28(27)43-4)32(38)36(33(30)39)22-9-13-24(41-2)14-10-22/h5-19,35H,1-4H3,(H,34,37). The van der Waals surface area contributed by atoms with Gasteiger partial charge < -0.3 is 29.6 Å². The highest BCUT2D eigenvalue weighted by molar-refractivity contribution is 8.04. The number of hydrogen-bond donors (Lipinski definition) is 2. The van der Waals surface area contributed by atoms with Gasteiger partial charge in [-0.3, -0.25) is 14.4 Å². The molecule has 0 unspecified atom stereocenters. The quantitative estimate of drug-likeness (QED) is 0.198. The van der Waals surface area contributed by atoms with Crippen LogP contribution in [0.4, 0.5) is 17.1 Å². The average molecular weight is 612 g/mol. The Kier molecular flexibility index (Phi) is 9.06. The lowest BCUT2D eigenvalue weighted by atomic mass is 10.2. The third kappa shape index (κ3) is 6.32. The highest BCUT2D eigenvalue weighted by atomic mass is 32.2. The molecule has 0 atom stereocenters. The van der Waals surface area contributed by atoms with Crippen LogP contribution in [0.2, 0.25) is 0 Å². The van der Waals surface area contributed by atoms with Gasteiger partial charge in [-0.2, -0.15) is 0 Å². The molecule has 0 spiro atoms. The van der Waals surface area contributed by atoms with Crippen molar-refractivity contribution in [2.24, 2.45) is 0 Å². The predicted octanol–water partition coefficient (Wildman–Crippen LogP) is 5.96. The number of amides is 3. The second-order valence-corrected chi connectivity index (χ2v) is 10.4. The first-order valence-corrected chi connectivity index (χ1v) is 14.2. The summed E-state index contributed by atoms with van der Waals surface area (Å²) in [7, 11) is 6.15. The first-order valence-electron chi connectivity index (χ1n) is 13.3. The molecular formula is C33H29N3O7S. The fourth-order valence-corrected chi connectivity index (χ4v) is 5.31. The smallest absolute Gasteiger partial charge is 0.283 e. The number of thioether (sulfide) groups is 1. The fourth-order valence-electron chi connectivity index (χ4n) is 4.39. The van der Waals surface area contributed by atoms with Crippen molar-refractivity contribution in [3.05, 3.63) is 107 Å². The van der Waals surface area contributed by atoms with Gasteiger partial charge in [0.15, 0.2) is 0 Å². The van der Waals surface area contributed by atoms with Gasteiger partial charge in [0.2, 0.25) is 0 Å². The molecule has 224 valence electrons. The van der Waals surface area contributed by atoms with E-state index in [1.54, 1.807) is 105 Å². The monoisotopic (exact) mass is 611 g/mol. The van der Waals surface area contributed by atoms with Crippen LogP contribution >= 0.6 is 11.8 Å². The molecule has 0 aliphatic carbocycles. The Morgan fingerprint density at radius 2 is 1.27 bits per heavy atom. The lowest BCUT2D eigenvalue weighted by Crippen LogP contribution is -2.32. The number of imide groups is 1. The molecule has 1 heterocycles. The molecule has 3 amide bonds. The van der Waals surface area contributed by atoms with Crippen molar-refractivity contribution in [3.63, 3.8) is 0 Å². The summed E-state index contributed by atoms with van der Waals surface area (Å²) >= 11 is 1.13. The highest BCUT2D eigenvalue weighted by Gasteiger charge is 2.40. The van der Waals surface area contributed by atoms with E-state index in [4.69, 9.17) is 18.9 Å². The Morgan fingerprint density at radius 3 is 1.86 bits per heavy atom. The van der Waals surface area contributed by atoms with E-state index in [9.17, 15) is 14.4 Å². The van der Waals surface area contributed by atoms with E-state index in [2.05, 4.69) is 10.6 Å². The average Bonchev–Trinajstić information content (AvgIpc) is 3.29. The summed E-state index contributed by atoms with van der Waals surface area (Å²) in [4.78, 5) is 42.2. The van der Waals surface area contributed by atoms with E-state index in [-0.39, 0.29) is 16.5 Å². The largest absolute Gasteiger partial charge is 0.497 e. The number of ether oxygens (including phenoxy) is 4. The first-order chi connectivity index (χ1) is 21.3. The molecule has 5 rings (SSSR count). The molecule has 44 heavy (non-hydrogen) atoms. The van der Waals surface area contributed by atoms with Crippen LogP contribution in [0, 0.1) is 0 Å². The number of carbonyl (C=O) groups is 3. The Bertz CT molecular complexity index is 1720. The van der Waals surface area contributed by atoms with Gasteiger partial charge in [-0.25, -0.2) is 4.90 Å². The lowest BCUT2D eigenvalue weighted by Gasteiger charge is -2.16. The van der Waals surface area contributed by atoms with Crippen LogP contribution in [0.5, 0.6) is 23.0 Å². The van der Waals surface area contributed by atoms with Crippen LogP contribution in [0.3, 0.4) is 0 Å². The van der Waals surface area contributed by atoms with Crippen molar-refractivity contribution in [2.75, 3.05) is 44.0 Å². The van der Waals surface area contributed by atoms with Gasteiger partial charge in [-0.1, -0.05) is 11.8 Å². The number of nitrogens with zero attached hydrogens (tertiary/aromatic N) is 1. The van der Waals surface area contributed by atoms with Crippen molar-refractivity contribution in [2.45, 2.75) is 4.90 Å². The summed E-state index contributed by atoms with van der Waals surface area (Å²) in [5.74, 6) is 0.964. The Hall–Kier alpha value is -5.42. The first kappa shape index (κ1) is 30.1. The number of nitrogens with one attached hydrogen (secondary N) is 2. The van der Waals surface area contributed by atoms with Crippen molar-refractivity contribution < 1.29 is 33.3 Å². The van der Waals surface area contributed by atoms with Crippen LogP contribution in [0.1, 0.15) is 10.4 Å². The number of benzene rings is 4. The van der Waals surface area contributed by atoms with Crippen LogP contribution in [-0.4, -0.2) is 46.2 Å². The third-order valence-corrected chi connectivity index (χ3v) is 7.82. The van der Waals surface area contributed by atoms with E-state index in [0.29, 0.717) is 50.5 Å². The SMILES string of the molecule is COc1ccc(C(=O)Nc2ccc(SC3=C(Nc4ccc(OC)cc4OC)C(=O)N(c4ccc(OC)cc4)C3=O)cc2)cc1. The zero-order valence-electron chi connectivity index (χ0n) is 24.4. The molecule has 10 nitrogen and oxygen atoms in total. The molecule has 1 aliphatic heterocycles. The topological polar surface area (TPSA) is 115 Å². The molecule has 0 saturated heterocycles. The van der Waals surface area contributed by atoms with E-state index < -0.39 is 11.8 Å². The summed E-state index contributed by atoms with van der Waals surface area (Å²) in [5.41, 5.74) is 2.02. The van der Waals surface area contributed by atoms with Gasteiger partial charge in [0, 0.05) is 22.2 Å². The molecule has 0 saturated carbocycles. The second kappa shape index (κ2) is 13.3. The van der Waals surface area contributed by atoms with Gasteiger partial charge in [-0.05, 0) is 84.9 Å². The minimum atomic E-state index is -0.524. The van der Waals surface area contributed by atoms with Gasteiger partial charge in [-0.15, -0.1) is 0 Å². The summed E-state index contributed by atoms with van der Waals surface area (Å²) < 4.78 is 21.2. The van der Waals surface area contributed by atoms with E-state index >= 15 is 0 Å². The number of carbonyl (C=O) groups excluding carboxylic acids is 3. The zero-order valence-corrected chi connectivity index (χ0v) is 25.2. The molecule has 4 aromatic rings. The van der Waals surface area contributed by atoms with Crippen LogP contribution in [0.25, 0.3) is 0 Å². The Labute approximate surface area is 258 Å². The maximum absolute atomic E-state index is 13.8. The Morgan fingerprint density at radius 1 is 0.682 bits per heavy atom. The highest BCUT2D eigenvalue weighted by Crippen LogP contribution is 2.40. The predicted molar refractivity (Wildman–Crippen MR) is 169 cm³/mol. The summed E-state index contributed by atoms with van der Waals surface area (Å²) in [6.45, 7) is 0. The summed E-state index contributed by atoms with van der Waals surface area (Å²) in [5, 5.41) is 5.98. The van der Waals surface area contributed by atoms with Crippen LogP contribution in [-0.2, 0) is 9.59 Å². The molecular weight excluding hydrogens is 582 g/mol. The van der Waals surface area contributed by atoms with Gasteiger partial charge >= 0.3 is 0 Å². The summed E-state index contributed by atoms with van der Waals surface area (Å²) in [6.07, 6.45) is 0. The number of anilines is 3. The second-order valence-electron chi connectivity index (χ2n) is 9.35. The van der Waals surface area contributed by atoms with E-state index in [0.717, 1.165) is 16.7 Å². The maximum atomic E-state index is 13.8. The fraction of sp³-hybridized carbons (Fsp3) is 0.121. The third-order valence-electron chi connectivity index (χ3n) is 6.72. The molecule has 11 heteroatoms. The normalized spacial score (nSPS) is 12.7. The van der Waals surface area contributed by atoms with Gasteiger partial charge in [0.1, 0.15) is 33.6 Å². The van der Waals surface area contributed by atoms with E-state index in [1.165, 1.54) is 14.2 Å². The lowest BCUT2D eigenvalue weighted by molar-refractivity contribution is -0.120. The van der Waals surface area contributed by atoms with Crippen LogP contribution in [0.15, 0.2) is 106 Å². The number of hydrogen-bond acceptors (Lipinski definition) is 9. The summed E-state index contributed by atoms with van der Waals surface area (Å²) in [6, 6.07) is 25.5. The van der Waals surface area contributed by atoms with Gasteiger partial charge in [0.25, 0.3) is 17.7 Å². The molecule has 0 aromatic heterocycles. The number of rotatable bonds is 11. The number of methoxy groups -OCH3 is 4. The molecule has 2 N–H and O–H groups in total. The molecule has 1 aliphatic rings. The minimum absolute atomic E-state index is 0.0937. The van der Waals surface area contributed by atoms with Gasteiger partial charge in [0.05, 0.1) is 39.8 Å². The zero-order chi connectivity index (χ0) is 31.2. The maximum Gasteiger partial charge on any atom is 0.283 e. The molecule has 4 aromatic carbocycles. The minimum Gasteiger partial charge on any atom is -0.497 e. The van der Waals surface area contributed by atoms with Crippen molar-refractivity contribution in [3.8, 4) is 23.0 Å². The van der Waals surface area contributed by atoms with Crippen molar-refractivity contribution >= 4 is 46.5 Å². The Balaban J connectivity index is 1.42. The van der Waals surface area contributed by atoms with Crippen molar-refractivity contribution in [1.29, 1.82) is 0 Å². The molecule has 0 fully saturated rings. The molecule has 0 bridgehead atoms.